The maximum absolute atomic E-state index is 13.6. The zero-order chi connectivity index (χ0) is 12.3. The van der Waals surface area contributed by atoms with Gasteiger partial charge in [0.25, 0.3) is 0 Å². The standard InChI is InChI=1S/C12H11BrF2O/c1-3-7(4-2)12(16)10-9(14)6-5-8(13)11(10)15/h3,5-6H,4H2,1-2H3/b7-3-. The van der Waals surface area contributed by atoms with Crippen LogP contribution in [0.5, 0.6) is 0 Å². The normalized spacial score (nSPS) is 11.7. The highest BCUT2D eigenvalue weighted by Gasteiger charge is 2.21. The monoisotopic (exact) mass is 288 g/mol. The van der Waals surface area contributed by atoms with E-state index in [-0.39, 0.29) is 4.47 Å². The number of Topliss-reactive ketones (excluding diaryl/α,β-unsaturated/α-hetero) is 1. The van der Waals surface area contributed by atoms with Gasteiger partial charge in [0.05, 0.1) is 10.0 Å². The van der Waals surface area contributed by atoms with E-state index >= 15 is 0 Å². The van der Waals surface area contributed by atoms with Crippen molar-refractivity contribution in [2.75, 3.05) is 0 Å². The van der Waals surface area contributed by atoms with Crippen molar-refractivity contribution in [3.63, 3.8) is 0 Å². The molecule has 1 aromatic carbocycles. The Morgan fingerprint density at radius 1 is 1.44 bits per heavy atom. The van der Waals surface area contributed by atoms with Gasteiger partial charge < -0.3 is 0 Å². The molecule has 4 heteroatoms. The molecule has 16 heavy (non-hydrogen) atoms. The molecule has 0 amide bonds. The van der Waals surface area contributed by atoms with Gasteiger partial charge in [-0.15, -0.1) is 0 Å². The van der Waals surface area contributed by atoms with Crippen molar-refractivity contribution in [1.29, 1.82) is 0 Å². The van der Waals surface area contributed by atoms with Crippen LogP contribution in [0.2, 0.25) is 0 Å². The fourth-order valence-electron chi connectivity index (χ4n) is 1.39. The first kappa shape index (κ1) is 13.0. The summed E-state index contributed by atoms with van der Waals surface area (Å²) in [7, 11) is 0. The van der Waals surface area contributed by atoms with Crippen LogP contribution in [0.1, 0.15) is 30.6 Å². The molecule has 0 aliphatic carbocycles. The molecule has 1 rings (SSSR count). The van der Waals surface area contributed by atoms with E-state index in [2.05, 4.69) is 15.9 Å². The fourth-order valence-corrected chi connectivity index (χ4v) is 1.72. The van der Waals surface area contributed by atoms with E-state index in [1.54, 1.807) is 19.9 Å². The van der Waals surface area contributed by atoms with Gasteiger partial charge in [0.2, 0.25) is 0 Å². The fraction of sp³-hybridized carbons (Fsp3) is 0.250. The number of hydrogen-bond donors (Lipinski definition) is 0. The average Bonchev–Trinajstić information content (AvgIpc) is 2.26. The molecule has 0 N–H and O–H groups in total. The summed E-state index contributed by atoms with van der Waals surface area (Å²) in [6, 6.07) is 2.31. The van der Waals surface area contributed by atoms with Crippen molar-refractivity contribution in [3.8, 4) is 0 Å². The van der Waals surface area contributed by atoms with Gasteiger partial charge in [-0.2, -0.15) is 0 Å². The topological polar surface area (TPSA) is 17.1 Å². The van der Waals surface area contributed by atoms with E-state index < -0.39 is 23.0 Å². The Bertz CT molecular complexity index is 453. The van der Waals surface area contributed by atoms with E-state index in [4.69, 9.17) is 0 Å². The van der Waals surface area contributed by atoms with E-state index in [1.807, 2.05) is 0 Å². The third kappa shape index (κ3) is 2.38. The van der Waals surface area contributed by atoms with Crippen LogP contribution in [0.25, 0.3) is 0 Å². The summed E-state index contributed by atoms with van der Waals surface area (Å²) in [5, 5.41) is 0. The molecule has 86 valence electrons. The SMILES string of the molecule is C/C=C(/CC)C(=O)c1c(F)ccc(Br)c1F. The predicted molar refractivity (Wildman–Crippen MR) is 62.4 cm³/mol. The lowest BCUT2D eigenvalue weighted by Crippen LogP contribution is -2.09. The second-order valence-corrected chi connectivity index (χ2v) is 4.07. The van der Waals surface area contributed by atoms with Crippen LogP contribution in [0.4, 0.5) is 8.78 Å². The van der Waals surface area contributed by atoms with E-state index in [1.165, 1.54) is 6.07 Å². The van der Waals surface area contributed by atoms with Crippen LogP contribution >= 0.6 is 15.9 Å². The van der Waals surface area contributed by atoms with Gasteiger partial charge >= 0.3 is 0 Å². The molecule has 0 aromatic heterocycles. The molecule has 0 unspecified atom stereocenters. The number of halogens is 3. The summed E-state index contributed by atoms with van der Waals surface area (Å²) in [6.07, 6.45) is 2.02. The second kappa shape index (κ2) is 5.34. The first-order chi connectivity index (χ1) is 7.52. The average molecular weight is 289 g/mol. The molecule has 0 heterocycles. The molecule has 0 radical (unpaired) electrons. The van der Waals surface area contributed by atoms with Gasteiger partial charge in [-0.25, -0.2) is 8.78 Å². The Balaban J connectivity index is 3.33. The summed E-state index contributed by atoms with van der Waals surface area (Å²) < 4.78 is 27.1. The van der Waals surface area contributed by atoms with Crippen LogP contribution in [0.15, 0.2) is 28.3 Å². The van der Waals surface area contributed by atoms with E-state index in [0.717, 1.165) is 6.07 Å². The number of benzene rings is 1. The van der Waals surface area contributed by atoms with Gasteiger partial charge in [0.15, 0.2) is 11.6 Å². The Hall–Kier alpha value is -1.03. The molecule has 0 aliphatic heterocycles. The summed E-state index contributed by atoms with van der Waals surface area (Å²) in [4.78, 5) is 11.8. The molecular weight excluding hydrogens is 278 g/mol. The summed E-state index contributed by atoms with van der Waals surface area (Å²) in [6.45, 7) is 3.44. The summed E-state index contributed by atoms with van der Waals surface area (Å²) in [5.74, 6) is -2.28. The Morgan fingerprint density at radius 2 is 2.06 bits per heavy atom. The van der Waals surface area contributed by atoms with Gasteiger partial charge in [-0.1, -0.05) is 13.0 Å². The minimum Gasteiger partial charge on any atom is -0.289 e. The number of ketones is 1. The van der Waals surface area contributed by atoms with Crippen molar-refractivity contribution in [3.05, 3.63) is 45.5 Å². The number of allylic oxidation sites excluding steroid dienone is 2. The summed E-state index contributed by atoms with van der Waals surface area (Å²) in [5.41, 5.74) is -0.0970. The third-order valence-corrected chi connectivity index (χ3v) is 2.90. The van der Waals surface area contributed by atoms with Gasteiger partial charge in [-0.05, 0) is 47.0 Å². The number of carbonyl (C=O) groups is 1. The van der Waals surface area contributed by atoms with Crippen molar-refractivity contribution in [2.24, 2.45) is 0 Å². The van der Waals surface area contributed by atoms with Crippen LogP contribution in [-0.2, 0) is 0 Å². The quantitative estimate of drug-likeness (QED) is 0.461. The largest absolute Gasteiger partial charge is 0.289 e. The van der Waals surface area contributed by atoms with E-state index in [0.29, 0.717) is 12.0 Å². The lowest BCUT2D eigenvalue weighted by atomic mass is 10.0. The second-order valence-electron chi connectivity index (χ2n) is 3.21. The Morgan fingerprint density at radius 3 is 2.56 bits per heavy atom. The molecule has 1 nitrogen and oxygen atoms in total. The van der Waals surface area contributed by atoms with E-state index in [9.17, 15) is 13.6 Å². The Kier molecular flexibility index (Phi) is 4.35. The molecular formula is C12H11BrF2O. The zero-order valence-corrected chi connectivity index (χ0v) is 10.6. The number of rotatable bonds is 3. The number of hydrogen-bond acceptors (Lipinski definition) is 1. The molecule has 0 atom stereocenters. The lowest BCUT2D eigenvalue weighted by molar-refractivity contribution is 0.102. The van der Waals surface area contributed by atoms with Crippen LogP contribution in [0.3, 0.4) is 0 Å². The van der Waals surface area contributed by atoms with Crippen LogP contribution in [0, 0.1) is 11.6 Å². The van der Waals surface area contributed by atoms with Crippen molar-refractivity contribution < 1.29 is 13.6 Å². The first-order valence-corrected chi connectivity index (χ1v) is 5.65. The number of carbonyl (C=O) groups excluding carboxylic acids is 1. The third-order valence-electron chi connectivity index (χ3n) is 2.29. The molecule has 0 fully saturated rings. The molecule has 0 saturated carbocycles. The van der Waals surface area contributed by atoms with Gasteiger partial charge in [0.1, 0.15) is 5.82 Å². The van der Waals surface area contributed by atoms with Gasteiger partial charge in [0, 0.05) is 0 Å². The van der Waals surface area contributed by atoms with Crippen molar-refractivity contribution in [2.45, 2.75) is 20.3 Å². The maximum Gasteiger partial charge on any atom is 0.194 e. The highest BCUT2D eigenvalue weighted by atomic mass is 79.9. The molecule has 0 aliphatic rings. The smallest absolute Gasteiger partial charge is 0.194 e. The lowest BCUT2D eigenvalue weighted by Gasteiger charge is -2.07. The van der Waals surface area contributed by atoms with Crippen LogP contribution in [-0.4, -0.2) is 5.78 Å². The predicted octanol–water partition coefficient (Wildman–Crippen LogP) is 4.27. The van der Waals surface area contributed by atoms with Crippen LogP contribution < -0.4 is 0 Å². The maximum atomic E-state index is 13.6. The minimum absolute atomic E-state index is 0.0869. The molecule has 0 spiro atoms. The highest BCUT2D eigenvalue weighted by molar-refractivity contribution is 9.10. The Labute approximate surface area is 101 Å². The van der Waals surface area contributed by atoms with Crippen molar-refractivity contribution in [1.82, 2.24) is 0 Å². The van der Waals surface area contributed by atoms with Gasteiger partial charge in [-0.3, -0.25) is 4.79 Å². The summed E-state index contributed by atoms with van der Waals surface area (Å²) >= 11 is 2.93. The molecule has 1 aromatic rings. The minimum atomic E-state index is -0.849. The first-order valence-electron chi connectivity index (χ1n) is 4.86. The molecule has 0 saturated heterocycles. The molecule has 0 bridgehead atoms. The van der Waals surface area contributed by atoms with Crippen molar-refractivity contribution >= 4 is 21.7 Å². The highest BCUT2D eigenvalue weighted by Crippen LogP contribution is 2.24. The zero-order valence-electron chi connectivity index (χ0n) is 8.98.